The first-order chi connectivity index (χ1) is 12.6. The van der Waals surface area contributed by atoms with Crippen LogP contribution in [0.1, 0.15) is 19.4 Å². The van der Waals surface area contributed by atoms with E-state index in [0.717, 1.165) is 38.5 Å². The molecule has 0 atom stereocenters. The smallest absolute Gasteiger partial charge is 0.320 e. The summed E-state index contributed by atoms with van der Waals surface area (Å²) in [6.45, 7) is 8.62. The van der Waals surface area contributed by atoms with E-state index in [1.807, 2.05) is 26.0 Å². The van der Waals surface area contributed by atoms with Crippen molar-refractivity contribution >= 4 is 17.7 Å². The lowest BCUT2D eigenvalue weighted by Crippen LogP contribution is -2.46. The minimum absolute atomic E-state index is 0.0782. The van der Waals surface area contributed by atoms with Gasteiger partial charge in [-0.15, -0.1) is 10.2 Å². The minimum Gasteiger partial charge on any atom is -0.353 e. The number of benzene rings is 1. The maximum Gasteiger partial charge on any atom is 0.320 e. The van der Waals surface area contributed by atoms with Gasteiger partial charge in [-0.3, -0.25) is 10.2 Å². The third kappa shape index (κ3) is 5.16. The summed E-state index contributed by atoms with van der Waals surface area (Å²) < 4.78 is 0. The van der Waals surface area contributed by atoms with Gasteiger partial charge in [-0.25, -0.2) is 4.79 Å². The molecule has 3 rings (SSSR count). The second-order valence-electron chi connectivity index (χ2n) is 6.78. The molecule has 2 heterocycles. The molecule has 2 aromatic rings. The van der Waals surface area contributed by atoms with E-state index < -0.39 is 0 Å². The van der Waals surface area contributed by atoms with E-state index in [0.29, 0.717) is 5.82 Å². The van der Waals surface area contributed by atoms with Crippen LogP contribution in [0.4, 0.5) is 16.4 Å². The van der Waals surface area contributed by atoms with Crippen LogP contribution in [0.5, 0.6) is 0 Å². The van der Waals surface area contributed by atoms with Gasteiger partial charge in [0.05, 0.1) is 0 Å². The maximum atomic E-state index is 11.7. The molecule has 7 heteroatoms. The molecule has 0 unspecified atom stereocenters. The molecule has 0 saturated carbocycles. The number of hydrogen-bond acceptors (Lipinski definition) is 5. The van der Waals surface area contributed by atoms with E-state index in [1.54, 1.807) is 6.07 Å². The highest BCUT2D eigenvalue weighted by atomic mass is 16.2. The zero-order chi connectivity index (χ0) is 18.4. The Labute approximate surface area is 154 Å². The number of urea groups is 1. The molecule has 1 aromatic heterocycles. The molecule has 2 N–H and O–H groups in total. The normalized spacial score (nSPS) is 15.1. The lowest BCUT2D eigenvalue weighted by Gasteiger charge is -2.35. The van der Waals surface area contributed by atoms with Crippen molar-refractivity contribution in [2.24, 2.45) is 0 Å². The fourth-order valence-corrected chi connectivity index (χ4v) is 2.95. The fraction of sp³-hybridized carbons (Fsp3) is 0.421. The van der Waals surface area contributed by atoms with Crippen molar-refractivity contribution in [1.82, 2.24) is 20.4 Å². The topological polar surface area (TPSA) is 73.4 Å². The van der Waals surface area contributed by atoms with Crippen LogP contribution in [-0.4, -0.2) is 53.3 Å². The Morgan fingerprint density at radius 2 is 1.77 bits per heavy atom. The van der Waals surface area contributed by atoms with Gasteiger partial charge in [-0.2, -0.15) is 0 Å². The Kier molecular flexibility index (Phi) is 6.01. The number of nitrogens with zero attached hydrogens (tertiary/aromatic N) is 4. The molecule has 26 heavy (non-hydrogen) atoms. The van der Waals surface area contributed by atoms with Crippen molar-refractivity contribution in [1.29, 1.82) is 0 Å². The first kappa shape index (κ1) is 18.1. The highest BCUT2D eigenvalue weighted by Crippen LogP contribution is 2.15. The number of hydrogen-bond donors (Lipinski definition) is 2. The van der Waals surface area contributed by atoms with Crippen molar-refractivity contribution in [2.75, 3.05) is 36.4 Å². The van der Waals surface area contributed by atoms with Crippen LogP contribution < -0.4 is 15.5 Å². The SMILES string of the molecule is CC(C)NC(=O)Nc1ccc(N2CCN(Cc3ccccc3)CC2)nn1. The number of amides is 2. The van der Waals surface area contributed by atoms with E-state index in [1.165, 1.54) is 5.56 Å². The third-order valence-electron chi connectivity index (χ3n) is 4.26. The predicted octanol–water partition coefficient (Wildman–Crippen LogP) is 2.33. The van der Waals surface area contributed by atoms with Crippen molar-refractivity contribution in [3.63, 3.8) is 0 Å². The van der Waals surface area contributed by atoms with Gasteiger partial charge in [0.25, 0.3) is 0 Å². The number of carbonyl (C=O) groups excluding carboxylic acids is 1. The largest absolute Gasteiger partial charge is 0.353 e. The highest BCUT2D eigenvalue weighted by Gasteiger charge is 2.18. The first-order valence-corrected chi connectivity index (χ1v) is 9.02. The molecular formula is C19H26N6O. The van der Waals surface area contributed by atoms with Crippen LogP contribution >= 0.6 is 0 Å². The Morgan fingerprint density at radius 3 is 2.38 bits per heavy atom. The van der Waals surface area contributed by atoms with Crippen molar-refractivity contribution < 1.29 is 4.79 Å². The summed E-state index contributed by atoms with van der Waals surface area (Å²) in [5.74, 6) is 1.30. The van der Waals surface area contributed by atoms with Gasteiger partial charge >= 0.3 is 6.03 Å². The molecule has 0 spiro atoms. The molecule has 1 aromatic carbocycles. The lowest BCUT2D eigenvalue weighted by molar-refractivity contribution is 0.249. The molecule has 1 saturated heterocycles. The molecule has 138 valence electrons. The number of aromatic nitrogens is 2. The lowest BCUT2D eigenvalue weighted by atomic mass is 10.2. The van der Waals surface area contributed by atoms with E-state index in [9.17, 15) is 4.79 Å². The van der Waals surface area contributed by atoms with Crippen LogP contribution in [0.25, 0.3) is 0 Å². The van der Waals surface area contributed by atoms with Crippen LogP contribution in [0.15, 0.2) is 42.5 Å². The van der Waals surface area contributed by atoms with Crippen molar-refractivity contribution in [2.45, 2.75) is 26.4 Å². The Balaban J connectivity index is 1.49. The van der Waals surface area contributed by atoms with Gasteiger partial charge in [-0.05, 0) is 31.5 Å². The highest BCUT2D eigenvalue weighted by molar-refractivity contribution is 5.88. The van der Waals surface area contributed by atoms with E-state index in [2.05, 4.69) is 54.9 Å². The first-order valence-electron chi connectivity index (χ1n) is 9.02. The van der Waals surface area contributed by atoms with E-state index >= 15 is 0 Å². The average Bonchev–Trinajstić information content (AvgIpc) is 2.63. The van der Waals surface area contributed by atoms with Gasteiger partial charge in [0.15, 0.2) is 11.6 Å². The van der Waals surface area contributed by atoms with E-state index in [-0.39, 0.29) is 12.1 Å². The number of nitrogens with one attached hydrogen (secondary N) is 2. The van der Waals surface area contributed by atoms with Gasteiger partial charge in [0, 0.05) is 38.8 Å². The van der Waals surface area contributed by atoms with Crippen molar-refractivity contribution in [3.8, 4) is 0 Å². The van der Waals surface area contributed by atoms with Gasteiger partial charge in [-0.1, -0.05) is 30.3 Å². The third-order valence-corrected chi connectivity index (χ3v) is 4.26. The minimum atomic E-state index is -0.267. The molecule has 0 aliphatic carbocycles. The second kappa shape index (κ2) is 8.62. The molecule has 1 fully saturated rings. The summed E-state index contributed by atoms with van der Waals surface area (Å²) in [6, 6.07) is 14.1. The standard InChI is InChI=1S/C19H26N6O/c1-15(2)20-19(26)21-17-8-9-18(23-22-17)25-12-10-24(11-13-25)14-16-6-4-3-5-7-16/h3-9,15H,10-14H2,1-2H3,(H2,20,21,22,26). The molecule has 1 aliphatic rings. The Hall–Kier alpha value is -2.67. The van der Waals surface area contributed by atoms with Crippen LogP contribution in [-0.2, 0) is 6.54 Å². The molecule has 7 nitrogen and oxygen atoms in total. The van der Waals surface area contributed by atoms with E-state index in [4.69, 9.17) is 0 Å². The average molecular weight is 354 g/mol. The molecular weight excluding hydrogens is 328 g/mol. The molecule has 1 aliphatic heterocycles. The monoisotopic (exact) mass is 354 g/mol. The summed E-state index contributed by atoms with van der Waals surface area (Å²) in [6.07, 6.45) is 0. The van der Waals surface area contributed by atoms with Crippen LogP contribution in [0.3, 0.4) is 0 Å². The molecule has 0 radical (unpaired) electrons. The number of piperazine rings is 1. The molecule has 0 bridgehead atoms. The Bertz CT molecular complexity index is 696. The summed E-state index contributed by atoms with van der Waals surface area (Å²) in [5.41, 5.74) is 1.34. The second-order valence-corrected chi connectivity index (χ2v) is 6.78. The van der Waals surface area contributed by atoms with Crippen LogP contribution in [0.2, 0.25) is 0 Å². The van der Waals surface area contributed by atoms with Gasteiger partial charge < -0.3 is 10.2 Å². The van der Waals surface area contributed by atoms with Gasteiger partial charge in [0.2, 0.25) is 0 Å². The van der Waals surface area contributed by atoms with Crippen molar-refractivity contribution in [3.05, 3.63) is 48.0 Å². The number of carbonyl (C=O) groups is 1. The number of rotatable bonds is 5. The Morgan fingerprint density at radius 1 is 1.04 bits per heavy atom. The molecule has 2 amide bonds. The van der Waals surface area contributed by atoms with Crippen LogP contribution in [0, 0.1) is 0 Å². The summed E-state index contributed by atoms with van der Waals surface area (Å²) >= 11 is 0. The zero-order valence-electron chi connectivity index (χ0n) is 15.4. The fourth-order valence-electron chi connectivity index (χ4n) is 2.95. The quantitative estimate of drug-likeness (QED) is 0.862. The summed E-state index contributed by atoms with van der Waals surface area (Å²) in [5, 5.41) is 13.8. The number of anilines is 2. The summed E-state index contributed by atoms with van der Waals surface area (Å²) in [4.78, 5) is 16.4. The predicted molar refractivity (Wildman–Crippen MR) is 103 cm³/mol. The maximum absolute atomic E-state index is 11.7. The summed E-state index contributed by atoms with van der Waals surface area (Å²) in [7, 11) is 0. The van der Waals surface area contributed by atoms with Gasteiger partial charge in [0.1, 0.15) is 0 Å². The zero-order valence-corrected chi connectivity index (χ0v) is 15.4.